The van der Waals surface area contributed by atoms with Gasteiger partial charge in [-0.3, -0.25) is 10.1 Å². The summed E-state index contributed by atoms with van der Waals surface area (Å²) in [5.74, 6) is -0.328. The summed E-state index contributed by atoms with van der Waals surface area (Å²) in [6, 6.07) is 11.2. The van der Waals surface area contributed by atoms with Gasteiger partial charge in [-0.2, -0.15) is 0 Å². The minimum absolute atomic E-state index is 0.327. The minimum atomic E-state index is -0.328. The molecule has 0 bridgehead atoms. The van der Waals surface area contributed by atoms with E-state index < -0.39 is 0 Å². The number of nitrogens with zero attached hydrogens (tertiary/aromatic N) is 1. The Kier molecular flexibility index (Phi) is 3.74. The van der Waals surface area contributed by atoms with Crippen LogP contribution in [0.4, 0.5) is 10.3 Å². The molecule has 7 heteroatoms. The molecule has 0 saturated heterocycles. The molecular formula is C18H12ClFN4O. The van der Waals surface area contributed by atoms with Crippen LogP contribution in [0, 0.1) is 5.82 Å². The van der Waals surface area contributed by atoms with Crippen molar-refractivity contribution in [1.29, 1.82) is 0 Å². The summed E-state index contributed by atoms with van der Waals surface area (Å²) >= 11 is 5.95. The first kappa shape index (κ1) is 15.4. The van der Waals surface area contributed by atoms with Crippen molar-refractivity contribution in [3.63, 3.8) is 0 Å². The molecule has 2 aromatic heterocycles. The second-order valence-electron chi connectivity index (χ2n) is 5.49. The molecule has 0 atom stereocenters. The van der Waals surface area contributed by atoms with Gasteiger partial charge in [-0.25, -0.2) is 9.37 Å². The molecule has 0 aliphatic carbocycles. The smallest absolute Gasteiger partial charge is 0.260 e. The lowest BCUT2D eigenvalue weighted by Crippen LogP contribution is -2.13. The van der Waals surface area contributed by atoms with E-state index in [1.165, 1.54) is 12.1 Å². The van der Waals surface area contributed by atoms with Crippen LogP contribution in [0.1, 0.15) is 10.4 Å². The Hall–Kier alpha value is -3.12. The van der Waals surface area contributed by atoms with E-state index in [-0.39, 0.29) is 11.7 Å². The Morgan fingerprint density at radius 3 is 2.72 bits per heavy atom. The van der Waals surface area contributed by atoms with E-state index in [9.17, 15) is 9.18 Å². The number of halogens is 2. The molecule has 124 valence electrons. The molecule has 25 heavy (non-hydrogen) atoms. The predicted molar refractivity (Wildman–Crippen MR) is 95.2 cm³/mol. The number of rotatable bonds is 3. The van der Waals surface area contributed by atoms with Crippen LogP contribution in [0.15, 0.2) is 54.9 Å². The third-order valence-corrected chi connectivity index (χ3v) is 4.06. The largest absolute Gasteiger partial charge is 0.366 e. The van der Waals surface area contributed by atoms with Crippen LogP contribution in [0.25, 0.3) is 22.2 Å². The molecule has 0 aliphatic heterocycles. The van der Waals surface area contributed by atoms with Crippen molar-refractivity contribution in [3.05, 3.63) is 71.3 Å². The van der Waals surface area contributed by atoms with Crippen molar-refractivity contribution in [2.45, 2.75) is 0 Å². The van der Waals surface area contributed by atoms with Crippen LogP contribution in [-0.2, 0) is 0 Å². The molecule has 4 aromatic rings. The van der Waals surface area contributed by atoms with Crippen LogP contribution >= 0.6 is 11.6 Å². The second kappa shape index (κ2) is 6.07. The number of carbonyl (C=O) groups is 1. The fraction of sp³-hybridized carbons (Fsp3) is 0. The maximum Gasteiger partial charge on any atom is 0.260 e. The van der Waals surface area contributed by atoms with Crippen LogP contribution in [0.2, 0.25) is 5.02 Å². The number of imidazole rings is 1. The number of hydrogen-bond donors (Lipinski definition) is 3. The van der Waals surface area contributed by atoms with Gasteiger partial charge in [0.1, 0.15) is 5.82 Å². The van der Waals surface area contributed by atoms with Crippen molar-refractivity contribution in [2.24, 2.45) is 0 Å². The Labute approximate surface area is 146 Å². The Balaban J connectivity index is 1.63. The second-order valence-corrected chi connectivity index (χ2v) is 5.93. The fourth-order valence-corrected chi connectivity index (χ4v) is 2.81. The van der Waals surface area contributed by atoms with Crippen molar-refractivity contribution in [2.75, 3.05) is 5.32 Å². The molecule has 0 spiro atoms. The van der Waals surface area contributed by atoms with Crippen LogP contribution in [-0.4, -0.2) is 20.9 Å². The molecule has 0 aliphatic rings. The van der Waals surface area contributed by atoms with Crippen LogP contribution < -0.4 is 5.32 Å². The molecule has 5 nitrogen and oxygen atoms in total. The average Bonchev–Trinajstić information content (AvgIpc) is 3.21. The predicted octanol–water partition coefficient (Wildman–Crippen LogP) is 4.60. The lowest BCUT2D eigenvalue weighted by Gasteiger charge is -2.04. The molecule has 3 N–H and O–H groups in total. The summed E-state index contributed by atoms with van der Waals surface area (Å²) < 4.78 is 13.1. The first-order chi connectivity index (χ1) is 12.1. The molecule has 0 unspecified atom stereocenters. The number of amides is 1. The Morgan fingerprint density at radius 2 is 1.92 bits per heavy atom. The van der Waals surface area contributed by atoms with Crippen molar-refractivity contribution in [1.82, 2.24) is 15.0 Å². The molecule has 0 radical (unpaired) electrons. The number of fused-ring (bicyclic) bond motifs is 1. The Bertz CT molecular complexity index is 1070. The molecule has 2 heterocycles. The summed E-state index contributed by atoms with van der Waals surface area (Å²) in [6.45, 7) is 0. The van der Waals surface area contributed by atoms with E-state index in [1.54, 1.807) is 42.7 Å². The van der Waals surface area contributed by atoms with Gasteiger partial charge in [0.15, 0.2) is 0 Å². The number of anilines is 1. The summed E-state index contributed by atoms with van der Waals surface area (Å²) in [6.07, 6.45) is 3.29. The number of aromatic amines is 2. The minimum Gasteiger partial charge on any atom is -0.366 e. The van der Waals surface area contributed by atoms with E-state index in [1.807, 2.05) is 0 Å². The highest BCUT2D eigenvalue weighted by molar-refractivity contribution is 6.31. The molecular weight excluding hydrogens is 343 g/mol. The van der Waals surface area contributed by atoms with Crippen molar-refractivity contribution < 1.29 is 9.18 Å². The number of benzene rings is 2. The topological polar surface area (TPSA) is 73.6 Å². The van der Waals surface area contributed by atoms with E-state index >= 15 is 0 Å². The number of aromatic nitrogens is 3. The van der Waals surface area contributed by atoms with Gasteiger partial charge < -0.3 is 9.97 Å². The summed E-state index contributed by atoms with van der Waals surface area (Å²) in [5.41, 5.74) is 3.29. The van der Waals surface area contributed by atoms with Gasteiger partial charge in [-0.15, -0.1) is 0 Å². The third kappa shape index (κ3) is 2.99. The zero-order chi connectivity index (χ0) is 17.4. The zero-order valence-electron chi connectivity index (χ0n) is 12.8. The maximum atomic E-state index is 13.1. The standard InChI is InChI=1S/C18H12ClFN4O/c19-11-3-6-15-16(7-11)23-18(22-15)24-17(25)14-9-21-8-13(14)10-1-4-12(20)5-2-10/h1-9,21H,(H2,22,23,24,25). The lowest BCUT2D eigenvalue weighted by atomic mass is 10.0. The van der Waals surface area contributed by atoms with Crippen LogP contribution in [0.5, 0.6) is 0 Å². The highest BCUT2D eigenvalue weighted by Gasteiger charge is 2.16. The highest BCUT2D eigenvalue weighted by atomic mass is 35.5. The number of H-pyrrole nitrogens is 2. The summed E-state index contributed by atoms with van der Waals surface area (Å²) in [7, 11) is 0. The number of nitrogens with one attached hydrogen (secondary N) is 3. The van der Waals surface area contributed by atoms with E-state index in [0.717, 1.165) is 11.1 Å². The molecule has 0 fully saturated rings. The summed E-state index contributed by atoms with van der Waals surface area (Å²) in [5, 5.41) is 3.31. The Morgan fingerprint density at radius 1 is 1.12 bits per heavy atom. The van der Waals surface area contributed by atoms with Gasteiger partial charge in [0.2, 0.25) is 5.95 Å². The first-order valence-electron chi connectivity index (χ1n) is 7.49. The van der Waals surface area contributed by atoms with Gasteiger partial charge >= 0.3 is 0 Å². The van der Waals surface area contributed by atoms with Gasteiger partial charge in [0.25, 0.3) is 5.91 Å². The van der Waals surface area contributed by atoms with Crippen molar-refractivity contribution in [3.8, 4) is 11.1 Å². The molecule has 0 saturated carbocycles. The van der Waals surface area contributed by atoms with Gasteiger partial charge in [-0.1, -0.05) is 23.7 Å². The van der Waals surface area contributed by atoms with Crippen LogP contribution in [0.3, 0.4) is 0 Å². The SMILES string of the molecule is O=C(Nc1nc2ccc(Cl)cc2[nH]1)c1c[nH]cc1-c1ccc(F)cc1. The molecule has 4 rings (SSSR count). The number of carbonyl (C=O) groups excluding carboxylic acids is 1. The fourth-order valence-electron chi connectivity index (χ4n) is 2.64. The normalized spacial score (nSPS) is 11.0. The quantitative estimate of drug-likeness (QED) is 0.503. The molecule has 1 amide bonds. The van der Waals surface area contributed by atoms with Crippen molar-refractivity contribution >= 4 is 34.5 Å². The monoisotopic (exact) mass is 354 g/mol. The maximum absolute atomic E-state index is 13.1. The van der Waals surface area contributed by atoms with Gasteiger partial charge in [-0.05, 0) is 35.9 Å². The number of hydrogen-bond acceptors (Lipinski definition) is 2. The van der Waals surface area contributed by atoms with E-state index in [2.05, 4.69) is 20.3 Å². The average molecular weight is 355 g/mol. The highest BCUT2D eigenvalue weighted by Crippen LogP contribution is 2.25. The van der Waals surface area contributed by atoms with E-state index in [0.29, 0.717) is 27.6 Å². The zero-order valence-corrected chi connectivity index (χ0v) is 13.6. The lowest BCUT2D eigenvalue weighted by molar-refractivity contribution is 0.102. The third-order valence-electron chi connectivity index (χ3n) is 3.82. The molecule has 2 aromatic carbocycles. The van der Waals surface area contributed by atoms with E-state index in [4.69, 9.17) is 11.6 Å². The summed E-state index contributed by atoms with van der Waals surface area (Å²) in [4.78, 5) is 22.8. The first-order valence-corrected chi connectivity index (χ1v) is 7.87. The van der Waals surface area contributed by atoms with Gasteiger partial charge in [0.05, 0.1) is 16.6 Å². The van der Waals surface area contributed by atoms with Gasteiger partial charge in [0, 0.05) is 23.0 Å².